The third-order valence-corrected chi connectivity index (χ3v) is 6.68. The standard InChI is InChI=1S/C25H24N2O2/c1-15(16-9-11-17(12-10-16)26(2)3)21-19-13-14-20(21)23-22(19)24(28)27(25(23)29)18-7-5-4-6-8-18/h4-14,19-20,22-23H,1-3H3/t19-,20+,22+,23-. The quantitative estimate of drug-likeness (QED) is 0.590. The van der Waals surface area contributed by atoms with E-state index in [1.165, 1.54) is 16.0 Å². The highest BCUT2D eigenvalue weighted by atomic mass is 16.2. The van der Waals surface area contributed by atoms with E-state index in [0.717, 1.165) is 11.3 Å². The number of anilines is 2. The SMILES string of the molecule is CC(=C1[C@H]2C=C[C@@H]1[C@H]1C(=O)N(c3ccccc3)C(=O)[C@H]12)c1ccc(N(C)C)cc1. The maximum Gasteiger partial charge on any atom is 0.238 e. The fourth-order valence-corrected chi connectivity index (χ4v) is 5.27. The number of amides is 2. The average Bonchev–Trinajstić information content (AvgIpc) is 3.37. The van der Waals surface area contributed by atoms with Gasteiger partial charge in [0.25, 0.3) is 0 Å². The number of nitrogens with zero attached hydrogens (tertiary/aromatic N) is 2. The number of fused-ring (bicyclic) bond motifs is 5. The number of carbonyl (C=O) groups excluding carboxylic acids is 2. The molecule has 1 saturated heterocycles. The summed E-state index contributed by atoms with van der Waals surface area (Å²) in [5, 5.41) is 0. The molecule has 2 aromatic rings. The predicted octanol–water partition coefficient (Wildman–Crippen LogP) is 4.15. The van der Waals surface area contributed by atoms with Crippen LogP contribution in [0.5, 0.6) is 0 Å². The Morgan fingerprint density at radius 1 is 0.828 bits per heavy atom. The van der Waals surface area contributed by atoms with Crippen molar-refractivity contribution in [3.05, 3.63) is 77.9 Å². The number of allylic oxidation sites excluding steroid dienone is 4. The van der Waals surface area contributed by atoms with Gasteiger partial charge in [0.05, 0.1) is 17.5 Å². The van der Waals surface area contributed by atoms with Gasteiger partial charge in [-0.15, -0.1) is 0 Å². The molecule has 0 radical (unpaired) electrons. The van der Waals surface area contributed by atoms with Crippen LogP contribution in [0.4, 0.5) is 11.4 Å². The molecular weight excluding hydrogens is 360 g/mol. The van der Waals surface area contributed by atoms with Crippen molar-refractivity contribution >= 4 is 28.8 Å². The van der Waals surface area contributed by atoms with Gasteiger partial charge in [-0.2, -0.15) is 0 Å². The highest BCUT2D eigenvalue weighted by Crippen LogP contribution is 2.58. The van der Waals surface area contributed by atoms with Crippen LogP contribution >= 0.6 is 0 Å². The van der Waals surface area contributed by atoms with E-state index >= 15 is 0 Å². The first-order chi connectivity index (χ1) is 14.0. The maximum absolute atomic E-state index is 13.3. The van der Waals surface area contributed by atoms with Gasteiger partial charge in [-0.25, -0.2) is 4.90 Å². The van der Waals surface area contributed by atoms with Gasteiger partial charge in [0.15, 0.2) is 0 Å². The molecule has 2 amide bonds. The Hall–Kier alpha value is -3.14. The van der Waals surface area contributed by atoms with Crippen molar-refractivity contribution in [2.75, 3.05) is 23.9 Å². The maximum atomic E-state index is 13.3. The Bertz CT molecular complexity index is 1020. The largest absolute Gasteiger partial charge is 0.378 e. The molecule has 4 atom stereocenters. The molecular formula is C25H24N2O2. The lowest BCUT2D eigenvalue weighted by atomic mass is 9.85. The van der Waals surface area contributed by atoms with Crippen molar-refractivity contribution < 1.29 is 9.59 Å². The molecule has 2 bridgehead atoms. The van der Waals surface area contributed by atoms with E-state index in [2.05, 4.69) is 48.2 Å². The zero-order valence-corrected chi connectivity index (χ0v) is 16.9. The van der Waals surface area contributed by atoms with Crippen LogP contribution in [0.3, 0.4) is 0 Å². The van der Waals surface area contributed by atoms with Crippen LogP contribution in [-0.4, -0.2) is 25.9 Å². The van der Waals surface area contributed by atoms with Gasteiger partial charge >= 0.3 is 0 Å². The van der Waals surface area contributed by atoms with Crippen molar-refractivity contribution in [1.29, 1.82) is 0 Å². The summed E-state index contributed by atoms with van der Waals surface area (Å²) in [7, 11) is 4.05. The lowest BCUT2D eigenvalue weighted by molar-refractivity contribution is -0.122. The topological polar surface area (TPSA) is 40.6 Å². The van der Waals surface area contributed by atoms with Crippen molar-refractivity contribution in [2.24, 2.45) is 23.7 Å². The molecule has 2 aromatic carbocycles. The molecule has 29 heavy (non-hydrogen) atoms. The van der Waals surface area contributed by atoms with Crippen molar-refractivity contribution in [1.82, 2.24) is 0 Å². The highest BCUT2D eigenvalue weighted by Gasteiger charge is 2.62. The summed E-state index contributed by atoms with van der Waals surface area (Å²) in [6, 6.07) is 17.8. The predicted molar refractivity (Wildman–Crippen MR) is 115 cm³/mol. The van der Waals surface area contributed by atoms with Gasteiger partial charge < -0.3 is 4.90 Å². The Kier molecular flexibility index (Phi) is 3.98. The van der Waals surface area contributed by atoms with Gasteiger partial charge in [0, 0.05) is 31.6 Å². The van der Waals surface area contributed by atoms with E-state index in [1.54, 1.807) is 0 Å². The molecule has 1 heterocycles. The number of hydrogen-bond acceptors (Lipinski definition) is 3. The third kappa shape index (κ3) is 2.52. The first-order valence-corrected chi connectivity index (χ1v) is 10.1. The Labute approximate surface area is 171 Å². The van der Waals surface area contributed by atoms with Crippen LogP contribution in [-0.2, 0) is 9.59 Å². The Morgan fingerprint density at radius 3 is 1.90 bits per heavy atom. The molecule has 0 aromatic heterocycles. The molecule has 0 unspecified atom stereocenters. The van der Waals surface area contributed by atoms with Gasteiger partial charge in [-0.1, -0.05) is 48.1 Å². The van der Waals surface area contributed by atoms with E-state index in [1.807, 2.05) is 44.4 Å². The number of rotatable bonds is 3. The first kappa shape index (κ1) is 17.9. The summed E-state index contributed by atoms with van der Waals surface area (Å²) >= 11 is 0. The van der Waals surface area contributed by atoms with E-state index in [9.17, 15) is 9.59 Å². The molecule has 2 fully saturated rings. The lowest BCUT2D eigenvalue weighted by Crippen LogP contribution is -2.33. The van der Waals surface area contributed by atoms with E-state index in [0.29, 0.717) is 5.69 Å². The molecule has 3 aliphatic rings. The average molecular weight is 384 g/mol. The van der Waals surface area contributed by atoms with Crippen LogP contribution in [0.1, 0.15) is 12.5 Å². The number of carbonyl (C=O) groups is 2. The monoisotopic (exact) mass is 384 g/mol. The molecule has 146 valence electrons. The summed E-state index contributed by atoms with van der Waals surface area (Å²) in [5.74, 6) is -0.632. The van der Waals surface area contributed by atoms with Crippen molar-refractivity contribution in [2.45, 2.75) is 6.92 Å². The Morgan fingerprint density at radius 2 is 1.38 bits per heavy atom. The first-order valence-electron chi connectivity index (χ1n) is 10.1. The summed E-state index contributed by atoms with van der Waals surface area (Å²) in [5.41, 5.74) is 5.42. The van der Waals surface area contributed by atoms with Crippen LogP contribution in [0.15, 0.2) is 72.3 Å². The zero-order chi connectivity index (χ0) is 20.3. The highest BCUT2D eigenvalue weighted by molar-refractivity contribution is 6.23. The molecule has 0 spiro atoms. The second-order valence-corrected chi connectivity index (χ2v) is 8.36. The minimum atomic E-state index is -0.274. The summed E-state index contributed by atoms with van der Waals surface area (Å²) < 4.78 is 0. The summed E-state index contributed by atoms with van der Waals surface area (Å²) in [6.07, 6.45) is 4.27. The van der Waals surface area contributed by atoms with Gasteiger partial charge in [0.2, 0.25) is 11.8 Å². The molecule has 2 aliphatic carbocycles. The number of benzene rings is 2. The Balaban J connectivity index is 1.51. The van der Waals surface area contributed by atoms with Crippen LogP contribution in [0.2, 0.25) is 0 Å². The van der Waals surface area contributed by atoms with Crippen LogP contribution in [0.25, 0.3) is 5.57 Å². The number of imide groups is 1. The summed E-state index contributed by atoms with van der Waals surface area (Å²) in [4.78, 5) is 30.0. The molecule has 5 rings (SSSR count). The van der Waals surface area contributed by atoms with Crippen LogP contribution in [0, 0.1) is 23.7 Å². The van der Waals surface area contributed by atoms with E-state index < -0.39 is 0 Å². The van der Waals surface area contributed by atoms with Gasteiger partial charge in [-0.3, -0.25) is 9.59 Å². The van der Waals surface area contributed by atoms with Crippen molar-refractivity contribution in [3.8, 4) is 0 Å². The smallest absolute Gasteiger partial charge is 0.238 e. The second-order valence-electron chi connectivity index (χ2n) is 8.36. The molecule has 4 nitrogen and oxygen atoms in total. The minimum absolute atomic E-state index is 0.0173. The second kappa shape index (κ2) is 6.45. The minimum Gasteiger partial charge on any atom is -0.378 e. The van der Waals surface area contributed by atoms with E-state index in [-0.39, 0.29) is 35.5 Å². The molecule has 1 saturated carbocycles. The zero-order valence-electron chi connectivity index (χ0n) is 16.9. The molecule has 1 aliphatic heterocycles. The fraction of sp³-hybridized carbons (Fsp3) is 0.280. The van der Waals surface area contributed by atoms with Gasteiger partial charge in [0.1, 0.15) is 0 Å². The number of hydrogen-bond donors (Lipinski definition) is 0. The van der Waals surface area contributed by atoms with E-state index in [4.69, 9.17) is 0 Å². The lowest BCUT2D eigenvalue weighted by Gasteiger charge is -2.20. The molecule has 0 N–H and O–H groups in total. The number of para-hydroxylation sites is 1. The van der Waals surface area contributed by atoms with Crippen LogP contribution < -0.4 is 9.80 Å². The normalized spacial score (nSPS) is 28.9. The fourth-order valence-electron chi connectivity index (χ4n) is 5.27. The molecule has 4 heteroatoms. The third-order valence-electron chi connectivity index (χ3n) is 6.68. The summed E-state index contributed by atoms with van der Waals surface area (Å²) in [6.45, 7) is 2.12. The van der Waals surface area contributed by atoms with Gasteiger partial charge in [-0.05, 0) is 42.3 Å². The van der Waals surface area contributed by atoms with Crippen molar-refractivity contribution in [3.63, 3.8) is 0 Å².